The smallest absolute Gasteiger partial charge is 0.242 e. The molecule has 6 heteroatoms. The van der Waals surface area contributed by atoms with Gasteiger partial charge in [0.1, 0.15) is 5.88 Å². The molecule has 0 aliphatic rings. The summed E-state index contributed by atoms with van der Waals surface area (Å²) in [7, 11) is 0. The van der Waals surface area contributed by atoms with E-state index >= 15 is 0 Å². The largest absolute Gasteiger partial charge is 0.380 e. The van der Waals surface area contributed by atoms with Gasteiger partial charge in [-0.2, -0.15) is 0 Å². The van der Waals surface area contributed by atoms with E-state index in [4.69, 9.17) is 16.3 Å². The van der Waals surface area contributed by atoms with Crippen molar-refractivity contribution in [1.29, 1.82) is 0 Å². The van der Waals surface area contributed by atoms with Gasteiger partial charge in [-0.1, -0.05) is 39.0 Å². The third-order valence-electron chi connectivity index (χ3n) is 3.46. The van der Waals surface area contributed by atoms with Crippen LogP contribution in [0.3, 0.4) is 0 Å². The van der Waals surface area contributed by atoms with Crippen LogP contribution in [0.5, 0.6) is 0 Å². The van der Waals surface area contributed by atoms with Crippen LogP contribution in [0.1, 0.15) is 45.2 Å². The summed E-state index contributed by atoms with van der Waals surface area (Å²) >= 11 is 5.80. The highest BCUT2D eigenvalue weighted by molar-refractivity contribution is 6.29. The molecule has 5 nitrogen and oxygen atoms in total. The van der Waals surface area contributed by atoms with Gasteiger partial charge in [-0.05, 0) is 30.4 Å². The van der Waals surface area contributed by atoms with Crippen molar-refractivity contribution >= 4 is 29.1 Å². The van der Waals surface area contributed by atoms with Gasteiger partial charge in [0.25, 0.3) is 0 Å². The predicted molar refractivity (Wildman–Crippen MR) is 104 cm³/mol. The van der Waals surface area contributed by atoms with Crippen LogP contribution < -0.4 is 10.6 Å². The lowest BCUT2D eigenvalue weighted by Gasteiger charge is -2.27. The maximum Gasteiger partial charge on any atom is 0.242 e. The van der Waals surface area contributed by atoms with E-state index < -0.39 is 0 Å². The molecular weight excluding hydrogens is 340 g/mol. The van der Waals surface area contributed by atoms with Gasteiger partial charge in [0.2, 0.25) is 11.8 Å². The van der Waals surface area contributed by atoms with Crippen LogP contribution in [0, 0.1) is 0 Å². The summed E-state index contributed by atoms with van der Waals surface area (Å²) in [6.07, 6.45) is 2.77. The molecule has 1 aromatic rings. The van der Waals surface area contributed by atoms with E-state index in [2.05, 4.69) is 44.7 Å². The van der Waals surface area contributed by atoms with Crippen LogP contribution >= 0.6 is 11.6 Å². The normalized spacial score (nSPS) is 9.96. The number of hydrogen-bond acceptors (Lipinski definition) is 3. The zero-order valence-corrected chi connectivity index (χ0v) is 16.6. The third kappa shape index (κ3) is 8.89. The van der Waals surface area contributed by atoms with E-state index in [0.717, 1.165) is 31.6 Å². The summed E-state index contributed by atoms with van der Waals surface area (Å²) in [4.78, 5) is 23.3. The van der Waals surface area contributed by atoms with Gasteiger partial charge in [0.05, 0.1) is 12.3 Å². The summed E-state index contributed by atoms with van der Waals surface area (Å²) < 4.78 is 5.54. The van der Waals surface area contributed by atoms with Gasteiger partial charge in [-0.3, -0.25) is 9.59 Å². The standard InChI is InChI=1S/C17H26ClNO2.C2H5NO/c1-4-11-21-12-10-19(16(20)13-18)17-14(5-2)8-7-9-15(17)6-3;1-2(3)4/h7-9H,4-6,10-13H2,1-3H3;1H3,(H2,3,4). The Kier molecular flexibility index (Phi) is 12.8. The number of amides is 2. The van der Waals surface area contributed by atoms with Crippen molar-refractivity contribution in [1.82, 2.24) is 0 Å². The molecule has 0 spiro atoms. The lowest BCUT2D eigenvalue weighted by atomic mass is 10.0. The number of hydrogen-bond donors (Lipinski definition) is 1. The second-order valence-electron chi connectivity index (χ2n) is 5.53. The Balaban J connectivity index is 0.00000129. The fourth-order valence-corrected chi connectivity index (χ4v) is 2.54. The zero-order valence-electron chi connectivity index (χ0n) is 15.8. The molecular formula is C19H31ClN2O3. The van der Waals surface area contributed by atoms with Gasteiger partial charge in [0.15, 0.2) is 0 Å². The summed E-state index contributed by atoms with van der Waals surface area (Å²) in [6, 6.07) is 6.21. The zero-order chi connectivity index (χ0) is 19.2. The molecule has 0 radical (unpaired) electrons. The average molecular weight is 371 g/mol. The maximum atomic E-state index is 12.3. The number of rotatable bonds is 9. The number of primary amides is 1. The second kappa shape index (κ2) is 13.7. The Morgan fingerprint density at radius 1 is 1.12 bits per heavy atom. The van der Waals surface area contributed by atoms with Crippen LogP contribution in [0.2, 0.25) is 0 Å². The van der Waals surface area contributed by atoms with E-state index in [1.54, 1.807) is 4.90 Å². The minimum Gasteiger partial charge on any atom is -0.380 e. The Morgan fingerprint density at radius 2 is 1.64 bits per heavy atom. The van der Waals surface area contributed by atoms with E-state index in [1.165, 1.54) is 18.1 Å². The van der Waals surface area contributed by atoms with Crippen molar-refractivity contribution in [2.45, 2.75) is 47.0 Å². The molecule has 0 saturated heterocycles. The van der Waals surface area contributed by atoms with Crippen molar-refractivity contribution in [2.24, 2.45) is 5.73 Å². The lowest BCUT2D eigenvalue weighted by molar-refractivity contribution is -0.117. The van der Waals surface area contributed by atoms with Crippen LogP contribution in [-0.2, 0) is 27.2 Å². The third-order valence-corrected chi connectivity index (χ3v) is 3.69. The van der Waals surface area contributed by atoms with Gasteiger partial charge in [-0.25, -0.2) is 0 Å². The molecule has 1 aromatic carbocycles. The van der Waals surface area contributed by atoms with E-state index in [0.29, 0.717) is 13.2 Å². The number of nitrogens with zero attached hydrogens (tertiary/aromatic N) is 1. The first kappa shape index (κ1) is 23.4. The number of benzene rings is 1. The highest BCUT2D eigenvalue weighted by atomic mass is 35.5. The molecule has 2 N–H and O–H groups in total. The molecule has 0 fully saturated rings. The van der Waals surface area contributed by atoms with Gasteiger partial charge in [0, 0.05) is 20.1 Å². The maximum absolute atomic E-state index is 12.3. The summed E-state index contributed by atoms with van der Waals surface area (Å²) in [5.74, 6) is -0.401. The lowest BCUT2D eigenvalue weighted by Crippen LogP contribution is -2.36. The van der Waals surface area contributed by atoms with Crippen LogP contribution in [0.15, 0.2) is 18.2 Å². The van der Waals surface area contributed by atoms with Crippen molar-refractivity contribution < 1.29 is 14.3 Å². The molecule has 1 rings (SSSR count). The first-order valence-electron chi connectivity index (χ1n) is 8.73. The van der Waals surface area contributed by atoms with Crippen molar-refractivity contribution in [3.05, 3.63) is 29.3 Å². The molecule has 0 unspecified atom stereocenters. The van der Waals surface area contributed by atoms with Crippen LogP contribution in [-0.4, -0.2) is 37.5 Å². The second-order valence-corrected chi connectivity index (χ2v) is 5.80. The Bertz CT molecular complexity index is 509. The monoisotopic (exact) mass is 370 g/mol. The molecule has 0 aromatic heterocycles. The molecule has 0 heterocycles. The molecule has 142 valence electrons. The number of carbonyl (C=O) groups excluding carboxylic acids is 2. The van der Waals surface area contributed by atoms with Gasteiger partial charge >= 0.3 is 0 Å². The highest BCUT2D eigenvalue weighted by Crippen LogP contribution is 2.27. The fraction of sp³-hybridized carbons (Fsp3) is 0.579. The Labute approximate surface area is 156 Å². The molecule has 0 aliphatic heterocycles. The minimum atomic E-state index is -0.333. The number of halogens is 1. The molecule has 0 bridgehead atoms. The fourth-order valence-electron chi connectivity index (χ4n) is 2.40. The van der Waals surface area contributed by atoms with Gasteiger partial charge in [-0.15, -0.1) is 11.6 Å². The molecule has 0 saturated carbocycles. The Hall–Kier alpha value is -1.59. The van der Waals surface area contributed by atoms with Crippen molar-refractivity contribution in [3.63, 3.8) is 0 Å². The van der Waals surface area contributed by atoms with Crippen molar-refractivity contribution in [2.75, 3.05) is 30.5 Å². The number of alkyl halides is 1. The highest BCUT2D eigenvalue weighted by Gasteiger charge is 2.20. The quantitative estimate of drug-likeness (QED) is 0.535. The minimum absolute atomic E-state index is 0.00498. The van der Waals surface area contributed by atoms with Crippen LogP contribution in [0.4, 0.5) is 5.69 Å². The SMILES string of the molecule is CC(N)=O.CCCOCCN(C(=O)CCl)c1c(CC)cccc1CC. The number of carbonyl (C=O) groups is 2. The number of anilines is 1. The first-order valence-corrected chi connectivity index (χ1v) is 9.27. The molecule has 2 amide bonds. The predicted octanol–water partition coefficient (Wildman–Crippen LogP) is 3.30. The van der Waals surface area contributed by atoms with E-state index in [9.17, 15) is 9.59 Å². The summed E-state index contributed by atoms with van der Waals surface area (Å²) in [5.41, 5.74) is 7.86. The summed E-state index contributed by atoms with van der Waals surface area (Å²) in [5, 5.41) is 0. The number of aryl methyl sites for hydroxylation is 2. The molecule has 25 heavy (non-hydrogen) atoms. The van der Waals surface area contributed by atoms with E-state index in [1.807, 2.05) is 0 Å². The first-order chi connectivity index (χ1) is 11.9. The Morgan fingerprint density at radius 3 is 2.04 bits per heavy atom. The van der Waals surface area contributed by atoms with Crippen molar-refractivity contribution in [3.8, 4) is 0 Å². The number of nitrogens with two attached hydrogens (primary N) is 1. The summed E-state index contributed by atoms with van der Waals surface area (Å²) in [6.45, 7) is 9.40. The van der Waals surface area contributed by atoms with E-state index in [-0.39, 0.29) is 17.7 Å². The number of ether oxygens (including phenoxy) is 1. The van der Waals surface area contributed by atoms with Gasteiger partial charge < -0.3 is 15.4 Å². The molecule has 0 aliphatic carbocycles. The average Bonchev–Trinajstić information content (AvgIpc) is 2.60. The van der Waals surface area contributed by atoms with Crippen LogP contribution in [0.25, 0.3) is 0 Å². The number of para-hydroxylation sites is 1. The molecule has 0 atom stereocenters. The topological polar surface area (TPSA) is 72.6 Å².